The lowest BCUT2D eigenvalue weighted by molar-refractivity contribution is 0.554. The predicted octanol–water partition coefficient (Wildman–Crippen LogP) is 3.19. The van der Waals surface area contributed by atoms with Crippen molar-refractivity contribution < 1.29 is 0 Å². The molecule has 0 aliphatic carbocycles. The smallest absolute Gasteiger partial charge is 0.0537 e. The number of aryl methyl sites for hydroxylation is 2. The van der Waals surface area contributed by atoms with E-state index in [4.69, 9.17) is 0 Å². The molecule has 0 aliphatic rings. The Bertz CT molecular complexity index is 502. The van der Waals surface area contributed by atoms with Crippen molar-refractivity contribution in [2.45, 2.75) is 46.2 Å². The molecule has 0 amide bonds. The lowest BCUT2D eigenvalue weighted by atomic mass is 10.1. The predicted molar refractivity (Wildman–Crippen MR) is 83.7 cm³/mol. The second-order valence-electron chi connectivity index (χ2n) is 5.06. The van der Waals surface area contributed by atoms with Gasteiger partial charge in [-0.25, -0.2) is 0 Å². The maximum absolute atomic E-state index is 4.55. The first-order chi connectivity index (χ1) is 9.85. The van der Waals surface area contributed by atoms with Gasteiger partial charge in [-0.05, 0) is 31.4 Å². The molecule has 0 atom stereocenters. The lowest BCUT2D eigenvalue weighted by Crippen LogP contribution is -2.13. The normalized spacial score (nSPS) is 10.9. The molecule has 1 N–H and O–H groups in total. The fraction of sp³-hybridized carbons (Fsp3) is 0.471. The molecule has 3 heteroatoms. The first kappa shape index (κ1) is 14.8. The zero-order valence-corrected chi connectivity index (χ0v) is 12.6. The van der Waals surface area contributed by atoms with Gasteiger partial charge in [-0.1, -0.05) is 44.2 Å². The third-order valence-corrected chi connectivity index (χ3v) is 3.61. The molecule has 0 spiro atoms. The molecule has 0 bridgehead atoms. The van der Waals surface area contributed by atoms with Crippen LogP contribution in [0.5, 0.6) is 0 Å². The van der Waals surface area contributed by atoms with Crippen LogP contribution >= 0.6 is 0 Å². The topological polar surface area (TPSA) is 29.9 Å². The zero-order chi connectivity index (χ0) is 14.2. The molecule has 1 aromatic heterocycles. The van der Waals surface area contributed by atoms with Gasteiger partial charge < -0.3 is 5.32 Å². The van der Waals surface area contributed by atoms with Crippen LogP contribution in [0.2, 0.25) is 0 Å². The SMILES string of the molecule is CCNCc1cnn(CCCc2ccccc2)c1CC. The maximum Gasteiger partial charge on any atom is 0.0537 e. The zero-order valence-electron chi connectivity index (χ0n) is 12.6. The first-order valence-electron chi connectivity index (χ1n) is 7.63. The molecule has 0 aliphatic heterocycles. The Morgan fingerprint density at radius 1 is 1.15 bits per heavy atom. The molecule has 0 saturated heterocycles. The van der Waals surface area contributed by atoms with Crippen LogP contribution in [0, 0.1) is 0 Å². The molecule has 2 aromatic rings. The molecule has 1 aromatic carbocycles. The summed E-state index contributed by atoms with van der Waals surface area (Å²) in [4.78, 5) is 0. The maximum atomic E-state index is 4.55. The number of aromatic nitrogens is 2. The molecule has 1 heterocycles. The molecule has 20 heavy (non-hydrogen) atoms. The standard InChI is InChI=1S/C17H25N3/c1-3-17-16(13-18-4-2)14-19-20(17)12-8-11-15-9-6-5-7-10-15/h5-7,9-10,14,18H,3-4,8,11-13H2,1-2H3. The van der Waals surface area contributed by atoms with E-state index in [2.05, 4.69) is 59.3 Å². The van der Waals surface area contributed by atoms with Crippen molar-refractivity contribution in [1.82, 2.24) is 15.1 Å². The summed E-state index contributed by atoms with van der Waals surface area (Å²) in [7, 11) is 0. The van der Waals surface area contributed by atoms with Crippen LogP contribution in [-0.4, -0.2) is 16.3 Å². The highest BCUT2D eigenvalue weighted by atomic mass is 15.3. The average molecular weight is 271 g/mol. The van der Waals surface area contributed by atoms with Crippen molar-refractivity contribution in [3.63, 3.8) is 0 Å². The highest BCUT2D eigenvalue weighted by Crippen LogP contribution is 2.11. The minimum Gasteiger partial charge on any atom is -0.313 e. The van der Waals surface area contributed by atoms with E-state index in [1.807, 2.05) is 6.20 Å². The average Bonchev–Trinajstić information content (AvgIpc) is 2.88. The van der Waals surface area contributed by atoms with Gasteiger partial charge in [0.25, 0.3) is 0 Å². The molecule has 2 rings (SSSR count). The van der Waals surface area contributed by atoms with Crippen LogP contribution in [0.15, 0.2) is 36.5 Å². The van der Waals surface area contributed by atoms with Gasteiger partial charge in [0.2, 0.25) is 0 Å². The number of nitrogens with one attached hydrogen (secondary N) is 1. The van der Waals surface area contributed by atoms with E-state index in [0.717, 1.165) is 38.9 Å². The number of benzene rings is 1. The van der Waals surface area contributed by atoms with E-state index in [0.29, 0.717) is 0 Å². The van der Waals surface area contributed by atoms with Crippen LogP contribution in [0.4, 0.5) is 0 Å². The third kappa shape index (κ3) is 3.94. The van der Waals surface area contributed by atoms with E-state index in [9.17, 15) is 0 Å². The van der Waals surface area contributed by atoms with E-state index in [-0.39, 0.29) is 0 Å². The van der Waals surface area contributed by atoms with Gasteiger partial charge in [0.05, 0.1) is 6.20 Å². The summed E-state index contributed by atoms with van der Waals surface area (Å²) in [5.41, 5.74) is 4.12. The van der Waals surface area contributed by atoms with Gasteiger partial charge in [-0.3, -0.25) is 4.68 Å². The summed E-state index contributed by atoms with van der Waals surface area (Å²) in [5, 5.41) is 7.93. The van der Waals surface area contributed by atoms with Gasteiger partial charge in [0, 0.05) is 24.3 Å². The number of nitrogens with zero attached hydrogens (tertiary/aromatic N) is 2. The molecule has 0 saturated carbocycles. The Hall–Kier alpha value is -1.61. The summed E-state index contributed by atoms with van der Waals surface area (Å²) in [6, 6.07) is 10.7. The van der Waals surface area contributed by atoms with Gasteiger partial charge in [-0.15, -0.1) is 0 Å². The Kier molecular flexibility index (Phi) is 5.81. The quantitative estimate of drug-likeness (QED) is 0.799. The van der Waals surface area contributed by atoms with E-state index >= 15 is 0 Å². The summed E-state index contributed by atoms with van der Waals surface area (Å²) in [6.45, 7) is 7.28. The summed E-state index contributed by atoms with van der Waals surface area (Å²) in [6.07, 6.45) is 5.32. The van der Waals surface area contributed by atoms with Crippen LogP contribution < -0.4 is 5.32 Å². The molecule has 108 valence electrons. The second kappa shape index (κ2) is 7.85. The van der Waals surface area contributed by atoms with Crippen LogP contribution in [0.1, 0.15) is 37.1 Å². The second-order valence-corrected chi connectivity index (χ2v) is 5.06. The summed E-state index contributed by atoms with van der Waals surface area (Å²) in [5.74, 6) is 0. The fourth-order valence-corrected chi connectivity index (χ4v) is 2.54. The lowest BCUT2D eigenvalue weighted by Gasteiger charge is -2.08. The Morgan fingerprint density at radius 3 is 2.65 bits per heavy atom. The van der Waals surface area contributed by atoms with Gasteiger partial charge in [0.1, 0.15) is 0 Å². The molecular weight excluding hydrogens is 246 g/mol. The highest BCUT2D eigenvalue weighted by Gasteiger charge is 2.08. The number of hydrogen-bond donors (Lipinski definition) is 1. The Morgan fingerprint density at radius 2 is 1.95 bits per heavy atom. The van der Waals surface area contributed by atoms with Crippen molar-refractivity contribution >= 4 is 0 Å². The third-order valence-electron chi connectivity index (χ3n) is 3.61. The Balaban J connectivity index is 1.90. The fourth-order valence-electron chi connectivity index (χ4n) is 2.54. The number of rotatable bonds is 8. The molecule has 0 unspecified atom stereocenters. The van der Waals surface area contributed by atoms with Crippen LogP contribution in [0.25, 0.3) is 0 Å². The van der Waals surface area contributed by atoms with Gasteiger partial charge in [0.15, 0.2) is 0 Å². The van der Waals surface area contributed by atoms with E-state index < -0.39 is 0 Å². The largest absolute Gasteiger partial charge is 0.313 e. The van der Waals surface area contributed by atoms with Crippen molar-refractivity contribution in [3.05, 3.63) is 53.3 Å². The van der Waals surface area contributed by atoms with Crippen molar-refractivity contribution in [2.24, 2.45) is 0 Å². The summed E-state index contributed by atoms with van der Waals surface area (Å²) < 4.78 is 2.18. The van der Waals surface area contributed by atoms with Crippen LogP contribution in [-0.2, 0) is 25.9 Å². The minimum absolute atomic E-state index is 0.929. The van der Waals surface area contributed by atoms with Crippen molar-refractivity contribution in [3.8, 4) is 0 Å². The highest BCUT2D eigenvalue weighted by molar-refractivity contribution is 5.18. The first-order valence-corrected chi connectivity index (χ1v) is 7.63. The monoisotopic (exact) mass is 271 g/mol. The van der Waals surface area contributed by atoms with Gasteiger partial charge in [-0.2, -0.15) is 5.10 Å². The van der Waals surface area contributed by atoms with E-state index in [1.54, 1.807) is 0 Å². The molecule has 0 fully saturated rings. The summed E-state index contributed by atoms with van der Waals surface area (Å²) >= 11 is 0. The molecular formula is C17H25N3. The minimum atomic E-state index is 0.929. The Labute approximate surface area is 122 Å². The van der Waals surface area contributed by atoms with Gasteiger partial charge >= 0.3 is 0 Å². The van der Waals surface area contributed by atoms with E-state index in [1.165, 1.54) is 16.8 Å². The molecule has 3 nitrogen and oxygen atoms in total. The van der Waals surface area contributed by atoms with Crippen LogP contribution in [0.3, 0.4) is 0 Å². The molecule has 0 radical (unpaired) electrons. The number of hydrogen-bond acceptors (Lipinski definition) is 2. The van der Waals surface area contributed by atoms with Crippen molar-refractivity contribution in [2.75, 3.05) is 6.54 Å². The van der Waals surface area contributed by atoms with Crippen molar-refractivity contribution in [1.29, 1.82) is 0 Å².